The van der Waals surface area contributed by atoms with Crippen molar-refractivity contribution in [2.45, 2.75) is 32.1 Å². The molecular formula is C23H23N3O4. The molecule has 154 valence electrons. The van der Waals surface area contributed by atoms with E-state index in [0.29, 0.717) is 40.4 Å². The van der Waals surface area contributed by atoms with E-state index in [4.69, 9.17) is 4.74 Å². The number of nitrogens with zero attached hydrogens (tertiary/aromatic N) is 1. The Kier molecular flexibility index (Phi) is 5.27. The van der Waals surface area contributed by atoms with Crippen molar-refractivity contribution in [3.8, 4) is 11.5 Å². The third kappa shape index (κ3) is 3.54. The average Bonchev–Trinajstić information content (AvgIpc) is 2.74. The van der Waals surface area contributed by atoms with Gasteiger partial charge in [0, 0.05) is 41.1 Å². The Morgan fingerprint density at radius 2 is 2.10 bits per heavy atom. The van der Waals surface area contributed by atoms with Crippen molar-refractivity contribution in [2.75, 3.05) is 12.4 Å². The molecule has 0 bridgehead atoms. The summed E-state index contributed by atoms with van der Waals surface area (Å²) in [4.78, 5) is 30.4. The number of carbonyl (C=O) groups is 2. The lowest BCUT2D eigenvalue weighted by Crippen LogP contribution is -2.35. The van der Waals surface area contributed by atoms with Gasteiger partial charge in [0.25, 0.3) is 5.91 Å². The fourth-order valence-electron chi connectivity index (χ4n) is 4.11. The number of rotatable bonds is 4. The van der Waals surface area contributed by atoms with Crippen molar-refractivity contribution in [3.05, 3.63) is 70.7 Å². The second-order valence-electron chi connectivity index (χ2n) is 7.37. The number of allylic oxidation sites excluding steroid dienone is 3. The number of benzene rings is 1. The van der Waals surface area contributed by atoms with Gasteiger partial charge in [0.05, 0.1) is 7.11 Å². The van der Waals surface area contributed by atoms with Crippen molar-refractivity contribution in [1.82, 2.24) is 10.3 Å². The number of aromatic hydroxyl groups is 1. The summed E-state index contributed by atoms with van der Waals surface area (Å²) >= 11 is 0. The summed E-state index contributed by atoms with van der Waals surface area (Å²) in [6.07, 6.45) is 3.57. The molecule has 1 atom stereocenters. The lowest BCUT2D eigenvalue weighted by molar-refractivity contribution is -0.116. The lowest BCUT2D eigenvalue weighted by atomic mass is 9.75. The summed E-state index contributed by atoms with van der Waals surface area (Å²) < 4.78 is 5.26. The van der Waals surface area contributed by atoms with E-state index >= 15 is 0 Å². The van der Waals surface area contributed by atoms with Gasteiger partial charge in [-0.15, -0.1) is 0 Å². The maximum Gasteiger partial charge on any atom is 0.255 e. The number of ketones is 1. The second kappa shape index (κ2) is 8.02. The third-order valence-corrected chi connectivity index (χ3v) is 5.46. The fourth-order valence-corrected chi connectivity index (χ4v) is 4.11. The first-order chi connectivity index (χ1) is 14.5. The molecule has 1 aromatic heterocycles. The summed E-state index contributed by atoms with van der Waals surface area (Å²) in [5.74, 6) is -0.151. The Labute approximate surface area is 174 Å². The van der Waals surface area contributed by atoms with Gasteiger partial charge in [0.1, 0.15) is 5.82 Å². The maximum absolute atomic E-state index is 13.3. The number of hydrogen-bond acceptors (Lipinski definition) is 6. The van der Waals surface area contributed by atoms with Gasteiger partial charge in [-0.2, -0.15) is 0 Å². The van der Waals surface area contributed by atoms with E-state index in [0.717, 1.165) is 18.5 Å². The molecule has 1 aliphatic heterocycles. The summed E-state index contributed by atoms with van der Waals surface area (Å²) in [5, 5.41) is 16.1. The summed E-state index contributed by atoms with van der Waals surface area (Å²) in [6.45, 7) is 1.83. The van der Waals surface area contributed by atoms with E-state index in [2.05, 4.69) is 15.6 Å². The Bertz CT molecular complexity index is 1070. The molecule has 1 aromatic carbocycles. The Balaban J connectivity index is 1.82. The number of amides is 1. The molecule has 2 aromatic rings. The Hall–Kier alpha value is -3.61. The molecule has 0 fully saturated rings. The predicted octanol–water partition coefficient (Wildman–Crippen LogP) is 3.40. The number of methoxy groups -OCH3 is 1. The van der Waals surface area contributed by atoms with Crippen LogP contribution in [0.2, 0.25) is 0 Å². The quantitative estimate of drug-likeness (QED) is 0.721. The van der Waals surface area contributed by atoms with Crippen LogP contribution in [-0.2, 0) is 9.59 Å². The summed E-state index contributed by atoms with van der Waals surface area (Å²) in [5.41, 5.74) is 3.30. The number of nitrogens with one attached hydrogen (secondary N) is 2. The molecule has 30 heavy (non-hydrogen) atoms. The van der Waals surface area contributed by atoms with Gasteiger partial charge < -0.3 is 20.5 Å². The van der Waals surface area contributed by atoms with Crippen LogP contribution in [0.25, 0.3) is 0 Å². The second-order valence-corrected chi connectivity index (χ2v) is 7.37. The number of Topliss-reactive ketones (excluding diaryl/α,β-unsaturated/α-hetero) is 1. The van der Waals surface area contributed by atoms with E-state index in [1.807, 2.05) is 6.92 Å². The van der Waals surface area contributed by atoms with E-state index in [1.165, 1.54) is 13.2 Å². The van der Waals surface area contributed by atoms with Crippen LogP contribution in [0, 0.1) is 0 Å². The molecule has 1 aliphatic carbocycles. The fraction of sp³-hybridized carbons (Fsp3) is 0.261. The van der Waals surface area contributed by atoms with E-state index in [-0.39, 0.29) is 17.4 Å². The molecule has 2 aliphatic rings. The Morgan fingerprint density at radius 3 is 2.83 bits per heavy atom. The average molecular weight is 405 g/mol. The smallest absolute Gasteiger partial charge is 0.255 e. The van der Waals surface area contributed by atoms with Crippen LogP contribution in [0.4, 0.5) is 5.82 Å². The standard InChI is InChI=1S/C23H23N3O4/c1-13-20(23(29)26-19-8-3-4-11-24-19)21(14-9-10-16(27)18(12-14)30-2)22-15(25-13)6-5-7-17(22)28/h3-4,8-12,21,25,27H,5-7H2,1-2H3,(H,24,26,29). The van der Waals surface area contributed by atoms with Crippen molar-refractivity contribution in [2.24, 2.45) is 0 Å². The number of phenols is 1. The first-order valence-electron chi connectivity index (χ1n) is 9.83. The molecule has 0 saturated heterocycles. The predicted molar refractivity (Wildman–Crippen MR) is 112 cm³/mol. The van der Waals surface area contributed by atoms with Gasteiger partial charge in [0.15, 0.2) is 17.3 Å². The number of aromatic nitrogens is 1. The molecule has 3 N–H and O–H groups in total. The number of hydrogen-bond donors (Lipinski definition) is 3. The molecule has 0 saturated carbocycles. The Morgan fingerprint density at radius 1 is 1.27 bits per heavy atom. The molecular weight excluding hydrogens is 382 g/mol. The van der Waals surface area contributed by atoms with Crippen LogP contribution < -0.4 is 15.4 Å². The largest absolute Gasteiger partial charge is 0.504 e. The number of phenolic OH excluding ortho intramolecular Hbond substituents is 1. The van der Waals surface area contributed by atoms with Crippen LogP contribution in [0.1, 0.15) is 37.7 Å². The molecule has 2 heterocycles. The number of ether oxygens (including phenoxy) is 1. The molecule has 1 unspecified atom stereocenters. The monoisotopic (exact) mass is 405 g/mol. The highest BCUT2D eigenvalue weighted by atomic mass is 16.5. The first-order valence-corrected chi connectivity index (χ1v) is 9.83. The molecule has 7 heteroatoms. The van der Waals surface area contributed by atoms with Crippen LogP contribution in [0.3, 0.4) is 0 Å². The minimum absolute atomic E-state index is 0.000420. The third-order valence-electron chi connectivity index (χ3n) is 5.46. The van der Waals surface area contributed by atoms with Crippen molar-refractivity contribution >= 4 is 17.5 Å². The lowest BCUT2D eigenvalue weighted by Gasteiger charge is -2.34. The SMILES string of the molecule is COc1cc(C2C(C(=O)Nc3ccccn3)=C(C)NC3=C2C(=O)CCC3)ccc1O. The topological polar surface area (TPSA) is 101 Å². The molecule has 4 rings (SSSR count). The van der Waals surface area contributed by atoms with E-state index < -0.39 is 5.92 Å². The minimum atomic E-state index is -0.563. The van der Waals surface area contributed by atoms with Gasteiger partial charge in [0.2, 0.25) is 0 Å². The zero-order valence-corrected chi connectivity index (χ0v) is 16.9. The summed E-state index contributed by atoms with van der Waals surface area (Å²) in [6, 6.07) is 10.2. The van der Waals surface area contributed by atoms with Gasteiger partial charge >= 0.3 is 0 Å². The van der Waals surface area contributed by atoms with Gasteiger partial charge in [-0.1, -0.05) is 12.1 Å². The molecule has 0 spiro atoms. The highest BCUT2D eigenvalue weighted by molar-refractivity contribution is 6.09. The molecule has 1 amide bonds. The number of pyridine rings is 1. The highest BCUT2D eigenvalue weighted by Gasteiger charge is 2.38. The van der Waals surface area contributed by atoms with Crippen molar-refractivity contribution in [3.63, 3.8) is 0 Å². The molecule has 0 radical (unpaired) electrons. The van der Waals surface area contributed by atoms with E-state index in [1.54, 1.807) is 36.5 Å². The van der Waals surface area contributed by atoms with Crippen molar-refractivity contribution in [1.29, 1.82) is 0 Å². The normalized spacial score (nSPS) is 18.6. The number of dihydropyridines is 1. The van der Waals surface area contributed by atoms with Crippen LogP contribution >= 0.6 is 0 Å². The van der Waals surface area contributed by atoms with Gasteiger partial charge in [-0.05, 0) is 49.6 Å². The molecule has 7 nitrogen and oxygen atoms in total. The summed E-state index contributed by atoms with van der Waals surface area (Å²) in [7, 11) is 1.47. The maximum atomic E-state index is 13.3. The first kappa shape index (κ1) is 19.7. The number of anilines is 1. The highest BCUT2D eigenvalue weighted by Crippen LogP contribution is 2.44. The van der Waals surface area contributed by atoms with Crippen LogP contribution in [0.15, 0.2) is 65.1 Å². The van der Waals surface area contributed by atoms with Crippen LogP contribution in [0.5, 0.6) is 11.5 Å². The zero-order chi connectivity index (χ0) is 21.3. The van der Waals surface area contributed by atoms with Crippen molar-refractivity contribution < 1.29 is 19.4 Å². The van der Waals surface area contributed by atoms with Crippen LogP contribution in [-0.4, -0.2) is 28.9 Å². The van der Waals surface area contributed by atoms with Gasteiger partial charge in [-0.25, -0.2) is 4.98 Å². The van der Waals surface area contributed by atoms with E-state index in [9.17, 15) is 14.7 Å². The zero-order valence-electron chi connectivity index (χ0n) is 16.9. The minimum Gasteiger partial charge on any atom is -0.504 e. The number of carbonyl (C=O) groups excluding carboxylic acids is 2. The van der Waals surface area contributed by atoms with Gasteiger partial charge in [-0.3, -0.25) is 9.59 Å².